The van der Waals surface area contributed by atoms with Crippen molar-refractivity contribution in [1.29, 1.82) is 0 Å². The number of hydrogen-bond donors (Lipinski definition) is 1. The normalized spacial score (nSPS) is 10.2. The molecular weight excluding hydrogens is 258 g/mol. The zero-order valence-corrected chi connectivity index (χ0v) is 10.9. The molecule has 102 valence electrons. The van der Waals surface area contributed by atoms with Crippen molar-refractivity contribution >= 4 is 22.5 Å². The largest absolute Gasteiger partial charge is 0.349 e. The average Bonchev–Trinajstić information content (AvgIpc) is 2.43. The number of aryl methyl sites for hydroxylation is 1. The summed E-state index contributed by atoms with van der Waals surface area (Å²) >= 11 is 0. The van der Waals surface area contributed by atoms with E-state index >= 15 is 0 Å². The molecule has 6 nitrogen and oxygen atoms in total. The van der Waals surface area contributed by atoms with Crippen LogP contribution in [0.4, 0.5) is 5.69 Å². The summed E-state index contributed by atoms with van der Waals surface area (Å²) in [6.45, 7) is 5.63. The van der Waals surface area contributed by atoms with E-state index < -0.39 is 4.92 Å². The molecule has 1 aromatic heterocycles. The van der Waals surface area contributed by atoms with Gasteiger partial charge in [0.2, 0.25) is 0 Å². The van der Waals surface area contributed by atoms with Crippen molar-refractivity contribution in [2.45, 2.75) is 6.92 Å². The Hall–Kier alpha value is -2.76. The van der Waals surface area contributed by atoms with Crippen LogP contribution in [0.15, 0.2) is 36.9 Å². The first-order valence-corrected chi connectivity index (χ1v) is 5.98. The summed E-state index contributed by atoms with van der Waals surface area (Å²) in [7, 11) is 0. The molecule has 0 bridgehead atoms. The Labute approximate surface area is 115 Å². The summed E-state index contributed by atoms with van der Waals surface area (Å²) in [5.41, 5.74) is 1.54. The molecule has 0 aliphatic heterocycles. The average molecular weight is 271 g/mol. The summed E-state index contributed by atoms with van der Waals surface area (Å²) in [5.74, 6) is -0.305. The molecule has 1 heterocycles. The van der Waals surface area contributed by atoms with Crippen LogP contribution in [-0.2, 0) is 0 Å². The number of nitrogens with zero attached hydrogens (tertiary/aromatic N) is 2. The molecule has 0 aliphatic carbocycles. The van der Waals surface area contributed by atoms with Crippen molar-refractivity contribution in [1.82, 2.24) is 10.3 Å². The highest BCUT2D eigenvalue weighted by Crippen LogP contribution is 2.23. The van der Waals surface area contributed by atoms with Gasteiger partial charge in [0.25, 0.3) is 11.6 Å². The summed E-state index contributed by atoms with van der Waals surface area (Å²) < 4.78 is 0. The minimum absolute atomic E-state index is 0.0686. The Morgan fingerprint density at radius 2 is 2.25 bits per heavy atom. The fraction of sp³-hybridized carbons (Fsp3) is 0.143. The summed E-state index contributed by atoms with van der Waals surface area (Å²) in [6.07, 6.45) is 1.57. The topological polar surface area (TPSA) is 85.1 Å². The predicted molar refractivity (Wildman–Crippen MR) is 75.7 cm³/mol. The van der Waals surface area contributed by atoms with Crippen molar-refractivity contribution in [2.75, 3.05) is 6.54 Å². The number of nitrogens with one attached hydrogen (secondary N) is 1. The van der Waals surface area contributed by atoms with Crippen LogP contribution in [0.2, 0.25) is 0 Å². The molecule has 20 heavy (non-hydrogen) atoms. The molecule has 0 aliphatic rings. The standard InChI is InChI=1S/C14H13N3O3/c1-3-6-15-14(18)12-7-9(2)16-13-5-4-10(17(19)20)8-11(12)13/h3-5,7-8H,1,6H2,2H3,(H,15,18). The van der Waals surface area contributed by atoms with E-state index in [1.807, 2.05) is 0 Å². The van der Waals surface area contributed by atoms with Crippen molar-refractivity contribution in [2.24, 2.45) is 0 Å². The lowest BCUT2D eigenvalue weighted by Gasteiger charge is -2.07. The van der Waals surface area contributed by atoms with Crippen LogP contribution in [-0.4, -0.2) is 22.4 Å². The van der Waals surface area contributed by atoms with Crippen molar-refractivity contribution in [3.63, 3.8) is 0 Å². The number of pyridine rings is 1. The maximum absolute atomic E-state index is 12.1. The predicted octanol–water partition coefficient (Wildman–Crippen LogP) is 2.37. The van der Waals surface area contributed by atoms with Crippen molar-refractivity contribution in [3.05, 3.63) is 58.3 Å². The highest BCUT2D eigenvalue weighted by atomic mass is 16.6. The van der Waals surface area contributed by atoms with Crippen LogP contribution in [0.1, 0.15) is 16.1 Å². The van der Waals surface area contributed by atoms with Gasteiger partial charge < -0.3 is 5.32 Å². The second kappa shape index (κ2) is 5.48. The van der Waals surface area contributed by atoms with E-state index in [1.54, 1.807) is 25.1 Å². The number of carbonyl (C=O) groups excluding carboxylic acids is 1. The third-order valence-electron chi connectivity index (χ3n) is 2.78. The molecule has 0 saturated carbocycles. The Balaban J connectivity index is 2.61. The van der Waals surface area contributed by atoms with Gasteiger partial charge in [0, 0.05) is 29.8 Å². The maximum atomic E-state index is 12.1. The third-order valence-corrected chi connectivity index (χ3v) is 2.78. The highest BCUT2D eigenvalue weighted by molar-refractivity contribution is 6.06. The number of carbonyl (C=O) groups is 1. The van der Waals surface area contributed by atoms with Crippen LogP contribution >= 0.6 is 0 Å². The second-order valence-corrected chi connectivity index (χ2v) is 4.27. The van der Waals surface area contributed by atoms with E-state index in [-0.39, 0.29) is 11.6 Å². The fourth-order valence-corrected chi connectivity index (χ4v) is 1.91. The number of fused-ring (bicyclic) bond motifs is 1. The number of non-ortho nitro benzene ring substituents is 1. The molecule has 0 atom stereocenters. The quantitative estimate of drug-likeness (QED) is 0.525. The maximum Gasteiger partial charge on any atom is 0.270 e. The SMILES string of the molecule is C=CCNC(=O)c1cc(C)nc2ccc([N+](=O)[O-])cc12. The van der Waals surface area contributed by atoms with Gasteiger partial charge in [-0.05, 0) is 19.1 Å². The Morgan fingerprint density at radius 1 is 1.50 bits per heavy atom. The van der Waals surface area contributed by atoms with Gasteiger partial charge in [0.15, 0.2) is 0 Å². The van der Waals surface area contributed by atoms with E-state index in [1.165, 1.54) is 12.1 Å². The molecular formula is C14H13N3O3. The molecule has 2 rings (SSSR count). The van der Waals surface area contributed by atoms with Gasteiger partial charge in [-0.3, -0.25) is 19.9 Å². The molecule has 0 spiro atoms. The molecule has 1 N–H and O–H groups in total. The van der Waals surface area contributed by atoms with Crippen LogP contribution in [0.3, 0.4) is 0 Å². The van der Waals surface area contributed by atoms with Crippen LogP contribution in [0, 0.1) is 17.0 Å². The van der Waals surface area contributed by atoms with E-state index in [2.05, 4.69) is 16.9 Å². The first-order chi connectivity index (χ1) is 9.52. The molecule has 6 heteroatoms. The Morgan fingerprint density at radius 3 is 2.90 bits per heavy atom. The number of hydrogen-bond acceptors (Lipinski definition) is 4. The van der Waals surface area contributed by atoms with Gasteiger partial charge >= 0.3 is 0 Å². The molecule has 1 aromatic carbocycles. The first kappa shape index (κ1) is 13.7. The van der Waals surface area contributed by atoms with Gasteiger partial charge in [-0.15, -0.1) is 6.58 Å². The van der Waals surface area contributed by atoms with Crippen LogP contribution in [0.25, 0.3) is 10.9 Å². The number of amides is 1. The molecule has 0 radical (unpaired) electrons. The minimum atomic E-state index is -0.495. The molecule has 0 saturated heterocycles. The summed E-state index contributed by atoms with van der Waals surface area (Å²) in [6, 6.07) is 5.90. The zero-order chi connectivity index (χ0) is 14.7. The number of aromatic nitrogens is 1. The Kier molecular flexibility index (Phi) is 3.74. The molecule has 1 amide bonds. The van der Waals surface area contributed by atoms with Gasteiger partial charge in [-0.25, -0.2) is 0 Å². The number of benzene rings is 1. The summed E-state index contributed by atoms with van der Waals surface area (Å²) in [4.78, 5) is 26.7. The third kappa shape index (κ3) is 2.64. The van der Waals surface area contributed by atoms with Gasteiger partial charge in [0.05, 0.1) is 16.0 Å². The summed E-state index contributed by atoms with van der Waals surface area (Å²) in [5, 5.41) is 14.0. The molecule has 0 unspecified atom stereocenters. The molecule has 2 aromatic rings. The first-order valence-electron chi connectivity index (χ1n) is 5.98. The van der Waals surface area contributed by atoms with Crippen molar-refractivity contribution < 1.29 is 9.72 Å². The van der Waals surface area contributed by atoms with E-state index in [9.17, 15) is 14.9 Å². The van der Waals surface area contributed by atoms with Crippen LogP contribution < -0.4 is 5.32 Å². The van der Waals surface area contributed by atoms with Gasteiger partial charge in [-0.1, -0.05) is 6.08 Å². The van der Waals surface area contributed by atoms with Gasteiger partial charge in [0.1, 0.15) is 0 Å². The highest BCUT2D eigenvalue weighted by Gasteiger charge is 2.15. The lowest BCUT2D eigenvalue weighted by molar-refractivity contribution is -0.384. The smallest absolute Gasteiger partial charge is 0.270 e. The lowest BCUT2D eigenvalue weighted by Crippen LogP contribution is -2.23. The number of nitro groups is 1. The van der Waals surface area contributed by atoms with Crippen molar-refractivity contribution in [3.8, 4) is 0 Å². The van der Waals surface area contributed by atoms with Crippen LogP contribution in [0.5, 0.6) is 0 Å². The fourth-order valence-electron chi connectivity index (χ4n) is 1.91. The minimum Gasteiger partial charge on any atom is -0.349 e. The monoisotopic (exact) mass is 271 g/mol. The number of rotatable bonds is 4. The van der Waals surface area contributed by atoms with E-state index in [0.29, 0.717) is 28.7 Å². The Bertz CT molecular complexity index is 710. The van der Waals surface area contributed by atoms with E-state index in [4.69, 9.17) is 0 Å². The van der Waals surface area contributed by atoms with Gasteiger partial charge in [-0.2, -0.15) is 0 Å². The number of nitro benzene ring substituents is 1. The lowest BCUT2D eigenvalue weighted by atomic mass is 10.1. The van der Waals surface area contributed by atoms with E-state index in [0.717, 1.165) is 0 Å². The molecule has 0 fully saturated rings. The zero-order valence-electron chi connectivity index (χ0n) is 10.9. The second-order valence-electron chi connectivity index (χ2n) is 4.27.